The first kappa shape index (κ1) is 12.3. The molecule has 4 heteroatoms. The number of aliphatic hydroxyl groups is 1. The van der Waals surface area contributed by atoms with Gasteiger partial charge in [-0.15, -0.1) is 0 Å². The van der Waals surface area contributed by atoms with Crippen molar-refractivity contribution in [2.24, 2.45) is 0 Å². The Hall–Kier alpha value is -0.160. The van der Waals surface area contributed by atoms with Gasteiger partial charge >= 0.3 is 0 Å². The van der Waals surface area contributed by atoms with Crippen LogP contribution in [-0.2, 0) is 14.2 Å². The maximum Gasteiger partial charge on any atom is 0.190 e. The molecule has 0 aliphatic carbocycles. The van der Waals surface area contributed by atoms with Crippen LogP contribution in [0.25, 0.3) is 0 Å². The summed E-state index contributed by atoms with van der Waals surface area (Å²) in [4.78, 5) is 0. The standard InChI is InChI=1S/C12H22O4/c1-4-5-6-7-8-9(13)10-11(14-8)16-12(2,3)15-10/h8-11,13H,4-7H2,1-3H3. The molecule has 2 aliphatic heterocycles. The number of rotatable bonds is 4. The Morgan fingerprint density at radius 2 is 1.94 bits per heavy atom. The van der Waals surface area contributed by atoms with Gasteiger partial charge in [0.05, 0.1) is 6.10 Å². The Morgan fingerprint density at radius 3 is 2.56 bits per heavy atom. The monoisotopic (exact) mass is 230 g/mol. The van der Waals surface area contributed by atoms with Crippen molar-refractivity contribution in [2.45, 2.75) is 76.8 Å². The number of ether oxygens (including phenoxy) is 3. The topological polar surface area (TPSA) is 47.9 Å². The summed E-state index contributed by atoms with van der Waals surface area (Å²) >= 11 is 0. The molecule has 0 bridgehead atoms. The lowest BCUT2D eigenvalue weighted by molar-refractivity contribution is -0.215. The summed E-state index contributed by atoms with van der Waals surface area (Å²) in [6.45, 7) is 5.84. The van der Waals surface area contributed by atoms with Crippen molar-refractivity contribution in [3.63, 3.8) is 0 Å². The largest absolute Gasteiger partial charge is 0.387 e. The van der Waals surface area contributed by atoms with Crippen molar-refractivity contribution in [3.05, 3.63) is 0 Å². The zero-order valence-corrected chi connectivity index (χ0v) is 10.3. The zero-order chi connectivity index (χ0) is 11.8. The Bertz CT molecular complexity index is 241. The van der Waals surface area contributed by atoms with E-state index in [0.29, 0.717) is 0 Å². The van der Waals surface area contributed by atoms with Gasteiger partial charge in [-0.05, 0) is 20.3 Å². The maximum atomic E-state index is 10.1. The normalized spacial score (nSPS) is 41.2. The summed E-state index contributed by atoms with van der Waals surface area (Å²) in [5, 5.41) is 10.1. The summed E-state index contributed by atoms with van der Waals surface area (Å²) in [5.74, 6) is -0.634. The lowest BCUT2D eigenvalue weighted by atomic mass is 10.0. The van der Waals surface area contributed by atoms with Gasteiger partial charge in [-0.2, -0.15) is 0 Å². The average Bonchev–Trinajstić information content (AvgIpc) is 2.63. The second-order valence-electron chi connectivity index (χ2n) is 5.13. The molecule has 0 aromatic rings. The minimum atomic E-state index is -0.634. The third-order valence-electron chi connectivity index (χ3n) is 3.21. The van der Waals surface area contributed by atoms with Gasteiger partial charge < -0.3 is 19.3 Å². The summed E-state index contributed by atoms with van der Waals surface area (Å²) in [5.41, 5.74) is 0. The van der Waals surface area contributed by atoms with Crippen molar-refractivity contribution in [2.75, 3.05) is 0 Å². The number of fused-ring (bicyclic) bond motifs is 1. The van der Waals surface area contributed by atoms with Crippen LogP contribution in [0, 0.1) is 0 Å². The van der Waals surface area contributed by atoms with E-state index in [9.17, 15) is 5.11 Å². The molecule has 2 heterocycles. The third-order valence-corrected chi connectivity index (χ3v) is 3.21. The van der Waals surface area contributed by atoms with Gasteiger partial charge in [-0.1, -0.05) is 26.2 Å². The van der Waals surface area contributed by atoms with Crippen LogP contribution in [0.1, 0.15) is 46.5 Å². The highest BCUT2D eigenvalue weighted by atomic mass is 16.8. The van der Waals surface area contributed by atoms with Crippen molar-refractivity contribution >= 4 is 0 Å². The van der Waals surface area contributed by atoms with Crippen LogP contribution in [0.2, 0.25) is 0 Å². The SMILES string of the molecule is CCCCCC1OC2OC(C)(C)OC2C1O. The Balaban J connectivity index is 1.85. The predicted octanol–water partition coefficient (Wildman–Crippen LogP) is 1.80. The molecular weight excluding hydrogens is 208 g/mol. The van der Waals surface area contributed by atoms with E-state index >= 15 is 0 Å². The van der Waals surface area contributed by atoms with Gasteiger partial charge in [0.15, 0.2) is 12.1 Å². The van der Waals surface area contributed by atoms with Crippen LogP contribution < -0.4 is 0 Å². The molecule has 0 spiro atoms. The molecule has 4 nitrogen and oxygen atoms in total. The van der Waals surface area contributed by atoms with E-state index in [2.05, 4.69) is 6.92 Å². The molecule has 0 saturated carbocycles. The number of aliphatic hydroxyl groups excluding tert-OH is 1. The van der Waals surface area contributed by atoms with Crippen LogP contribution in [-0.4, -0.2) is 35.5 Å². The third kappa shape index (κ3) is 2.40. The molecule has 1 N–H and O–H groups in total. The lowest BCUT2D eigenvalue weighted by Crippen LogP contribution is -2.34. The predicted molar refractivity (Wildman–Crippen MR) is 58.8 cm³/mol. The minimum Gasteiger partial charge on any atom is -0.387 e. The number of hydrogen-bond acceptors (Lipinski definition) is 4. The van der Waals surface area contributed by atoms with Crippen molar-refractivity contribution in [1.82, 2.24) is 0 Å². The first-order chi connectivity index (χ1) is 7.53. The van der Waals surface area contributed by atoms with Crippen LogP contribution in [0.4, 0.5) is 0 Å². The van der Waals surface area contributed by atoms with E-state index < -0.39 is 18.2 Å². The van der Waals surface area contributed by atoms with E-state index in [1.807, 2.05) is 13.8 Å². The molecule has 0 aromatic heterocycles. The molecule has 2 rings (SSSR count). The van der Waals surface area contributed by atoms with E-state index in [1.165, 1.54) is 12.8 Å². The fraction of sp³-hybridized carbons (Fsp3) is 1.00. The quantitative estimate of drug-likeness (QED) is 0.748. The van der Waals surface area contributed by atoms with Crippen LogP contribution in [0.15, 0.2) is 0 Å². The molecule has 16 heavy (non-hydrogen) atoms. The molecule has 4 atom stereocenters. The average molecular weight is 230 g/mol. The molecule has 0 radical (unpaired) electrons. The summed E-state index contributed by atoms with van der Waals surface area (Å²) in [7, 11) is 0. The summed E-state index contributed by atoms with van der Waals surface area (Å²) in [6.07, 6.45) is 2.93. The number of unbranched alkanes of at least 4 members (excludes halogenated alkanes) is 2. The fourth-order valence-electron chi connectivity index (χ4n) is 2.39. The summed E-state index contributed by atoms with van der Waals surface area (Å²) in [6, 6.07) is 0. The highest BCUT2D eigenvalue weighted by Gasteiger charge is 2.53. The van der Waals surface area contributed by atoms with Gasteiger partial charge in [0.2, 0.25) is 0 Å². The first-order valence-electron chi connectivity index (χ1n) is 6.22. The van der Waals surface area contributed by atoms with Crippen molar-refractivity contribution < 1.29 is 19.3 Å². The molecule has 0 amide bonds. The fourth-order valence-corrected chi connectivity index (χ4v) is 2.39. The first-order valence-corrected chi connectivity index (χ1v) is 6.22. The maximum absolute atomic E-state index is 10.1. The molecule has 94 valence electrons. The summed E-state index contributed by atoms with van der Waals surface area (Å²) < 4.78 is 16.9. The van der Waals surface area contributed by atoms with E-state index in [0.717, 1.165) is 12.8 Å². The Kier molecular flexibility index (Phi) is 3.54. The Labute approximate surface area is 96.9 Å². The van der Waals surface area contributed by atoms with E-state index in [-0.39, 0.29) is 12.2 Å². The zero-order valence-electron chi connectivity index (χ0n) is 10.3. The van der Waals surface area contributed by atoms with Crippen LogP contribution in [0.3, 0.4) is 0 Å². The van der Waals surface area contributed by atoms with Gasteiger partial charge in [-0.25, -0.2) is 0 Å². The smallest absolute Gasteiger partial charge is 0.190 e. The van der Waals surface area contributed by atoms with Crippen LogP contribution >= 0.6 is 0 Å². The molecule has 0 aromatic carbocycles. The number of hydrogen-bond donors (Lipinski definition) is 1. The van der Waals surface area contributed by atoms with Gasteiger partial charge in [0, 0.05) is 0 Å². The molecule has 2 fully saturated rings. The van der Waals surface area contributed by atoms with E-state index in [1.54, 1.807) is 0 Å². The van der Waals surface area contributed by atoms with Gasteiger partial charge in [0.25, 0.3) is 0 Å². The van der Waals surface area contributed by atoms with Crippen molar-refractivity contribution in [1.29, 1.82) is 0 Å². The van der Waals surface area contributed by atoms with Crippen molar-refractivity contribution in [3.8, 4) is 0 Å². The Morgan fingerprint density at radius 1 is 1.19 bits per heavy atom. The highest BCUT2D eigenvalue weighted by Crippen LogP contribution is 2.38. The second-order valence-corrected chi connectivity index (χ2v) is 5.13. The molecular formula is C12H22O4. The minimum absolute atomic E-state index is 0.127. The molecule has 2 saturated heterocycles. The van der Waals surface area contributed by atoms with Crippen LogP contribution in [0.5, 0.6) is 0 Å². The highest BCUT2D eigenvalue weighted by molar-refractivity contribution is 4.92. The molecule has 4 unspecified atom stereocenters. The van der Waals surface area contributed by atoms with Gasteiger partial charge in [-0.3, -0.25) is 0 Å². The van der Waals surface area contributed by atoms with E-state index in [4.69, 9.17) is 14.2 Å². The lowest BCUT2D eigenvalue weighted by Gasteiger charge is -2.22. The van der Waals surface area contributed by atoms with Gasteiger partial charge in [0.1, 0.15) is 12.2 Å². The second kappa shape index (κ2) is 4.61. The molecule has 2 aliphatic rings.